The van der Waals surface area contributed by atoms with Gasteiger partial charge in [-0.3, -0.25) is 4.79 Å². The summed E-state index contributed by atoms with van der Waals surface area (Å²) >= 11 is 0. The Morgan fingerprint density at radius 1 is 1.02 bits per heavy atom. The van der Waals surface area contributed by atoms with Gasteiger partial charge in [0.2, 0.25) is 6.79 Å². The molecule has 13 heteroatoms. The first kappa shape index (κ1) is 41.7. The Morgan fingerprint density at radius 2 is 1.68 bits per heavy atom. The highest BCUT2D eigenvalue weighted by Gasteiger charge is 2.48. The summed E-state index contributed by atoms with van der Waals surface area (Å²) in [6, 6.07) is -0.158. The molecule has 0 amide bonds. The molecule has 2 rings (SSSR count). The van der Waals surface area contributed by atoms with Gasteiger partial charge >= 0.3 is 5.97 Å². The molecule has 0 aromatic heterocycles. The summed E-state index contributed by atoms with van der Waals surface area (Å²) in [5, 5.41) is 50.8. The maximum atomic E-state index is 13.4. The minimum Gasteiger partial charge on any atom is -0.459 e. The van der Waals surface area contributed by atoms with Crippen molar-refractivity contribution in [2.45, 2.75) is 129 Å². The fourth-order valence-corrected chi connectivity index (χ4v) is 7.22. The van der Waals surface area contributed by atoms with Crippen molar-refractivity contribution in [3.8, 4) is 0 Å². The zero-order valence-electron chi connectivity index (χ0n) is 30.5. The zero-order chi connectivity index (χ0) is 35.7. The summed E-state index contributed by atoms with van der Waals surface area (Å²) in [7, 11) is 5.38. The van der Waals surface area contributed by atoms with Gasteiger partial charge < -0.3 is 53.8 Å². The van der Waals surface area contributed by atoms with Crippen molar-refractivity contribution in [1.29, 1.82) is 0 Å². The van der Waals surface area contributed by atoms with Crippen LogP contribution in [0.5, 0.6) is 0 Å². The Morgan fingerprint density at radius 3 is 2.28 bits per heavy atom. The van der Waals surface area contributed by atoms with E-state index in [2.05, 4.69) is 5.16 Å². The predicted molar refractivity (Wildman–Crippen MR) is 176 cm³/mol. The summed E-state index contributed by atoms with van der Waals surface area (Å²) in [6.07, 6.45) is -2.82. The van der Waals surface area contributed by atoms with Crippen molar-refractivity contribution in [1.82, 2.24) is 4.90 Å². The summed E-state index contributed by atoms with van der Waals surface area (Å²) in [5.41, 5.74) is -2.77. The molecular formula is C34H64N2O11. The van der Waals surface area contributed by atoms with Gasteiger partial charge in [-0.15, -0.1) is 0 Å². The molecule has 2 saturated heterocycles. The van der Waals surface area contributed by atoms with Crippen LogP contribution in [0.4, 0.5) is 0 Å². The number of ether oxygens (including phenoxy) is 5. The molecule has 13 nitrogen and oxygen atoms in total. The third kappa shape index (κ3) is 11.3. The Kier molecular flexibility index (Phi) is 16.5. The molecule has 0 aliphatic carbocycles. The number of cyclic esters (lactones) is 1. The molecule has 2 aliphatic heterocycles. The van der Waals surface area contributed by atoms with Crippen LogP contribution in [-0.2, 0) is 33.3 Å². The lowest BCUT2D eigenvalue weighted by Crippen LogP contribution is -2.56. The van der Waals surface area contributed by atoms with Crippen LogP contribution < -0.4 is 0 Å². The Labute approximate surface area is 281 Å². The van der Waals surface area contributed by atoms with E-state index in [4.69, 9.17) is 28.5 Å². The zero-order valence-corrected chi connectivity index (χ0v) is 30.5. The number of hydrogen-bond acceptors (Lipinski definition) is 13. The van der Waals surface area contributed by atoms with Gasteiger partial charge in [-0.05, 0) is 66.5 Å². The van der Waals surface area contributed by atoms with E-state index in [1.165, 1.54) is 6.92 Å². The standard InChI is InChI=1S/C34H64N2O11/c1-12-27-34(8,41)30(38)24(6)28(35-45-19-43-14-13-42-11)22(4)17-33(7,40)25(20(2)15-21(3)31(39)47-27)18-44-32-29(37)26(36(9)10)16-23(5)46-32/h20-27,29-30,32,37-38,40-41H,12-19H2,1-11H3/b35-28+/t20-,21+,22+,23+,24-,25?,26-,27+,29+,30+,32+,33+,34+/m0/s1. The summed E-state index contributed by atoms with van der Waals surface area (Å²) in [4.78, 5) is 20.8. The number of aliphatic hydroxyl groups is 4. The lowest BCUT2D eigenvalue weighted by Gasteiger charge is -2.44. The predicted octanol–water partition coefficient (Wildman–Crippen LogP) is 2.56. The number of likely N-dealkylation sites (N-methyl/N-ethyl adjacent to an activating group) is 1. The SMILES string of the molecule is CC[C@H]1OC(=O)[C@H](C)C[C@H](C)C(CO[C@@H]2O[C@H](C)C[C@H](N(C)C)[C@H]2O)[C@](C)(O)C[C@@H](C)/C(=N\OCOCCOC)[C@H](C)[C@@H](O)[C@]1(C)O. The molecule has 0 aromatic carbocycles. The van der Waals surface area contributed by atoms with Gasteiger partial charge in [0, 0.05) is 30.9 Å². The van der Waals surface area contributed by atoms with E-state index in [0.717, 1.165) is 0 Å². The number of carbonyl (C=O) groups excluding carboxylic acids is 1. The molecule has 2 fully saturated rings. The Hall–Kier alpha value is -1.42. The monoisotopic (exact) mass is 676 g/mol. The van der Waals surface area contributed by atoms with Gasteiger partial charge in [-0.2, -0.15) is 0 Å². The number of methoxy groups -OCH3 is 1. The van der Waals surface area contributed by atoms with E-state index in [0.29, 0.717) is 31.8 Å². The molecule has 0 radical (unpaired) electrons. The second-order valence-corrected chi connectivity index (χ2v) is 14.5. The molecule has 47 heavy (non-hydrogen) atoms. The van der Waals surface area contributed by atoms with Crippen LogP contribution in [0.2, 0.25) is 0 Å². The van der Waals surface area contributed by atoms with E-state index in [-0.39, 0.29) is 44.3 Å². The molecule has 0 saturated carbocycles. The number of oxime groups is 1. The summed E-state index contributed by atoms with van der Waals surface area (Å²) in [6.45, 7) is 14.8. The summed E-state index contributed by atoms with van der Waals surface area (Å²) in [5.74, 6) is -3.00. The van der Waals surface area contributed by atoms with E-state index < -0.39 is 65.4 Å². The van der Waals surface area contributed by atoms with E-state index in [1.54, 1.807) is 34.8 Å². The molecular weight excluding hydrogens is 612 g/mol. The van der Waals surface area contributed by atoms with Crippen LogP contribution in [0.25, 0.3) is 0 Å². The molecule has 13 atom stereocenters. The third-order valence-corrected chi connectivity index (χ3v) is 10.1. The van der Waals surface area contributed by atoms with Gasteiger partial charge in [-0.1, -0.05) is 39.8 Å². The fraction of sp³-hybridized carbons (Fsp3) is 0.941. The molecule has 4 N–H and O–H groups in total. The van der Waals surface area contributed by atoms with Crippen LogP contribution in [0.3, 0.4) is 0 Å². The number of nitrogens with zero attached hydrogens (tertiary/aromatic N) is 2. The van der Waals surface area contributed by atoms with Crippen molar-refractivity contribution >= 4 is 11.7 Å². The summed E-state index contributed by atoms with van der Waals surface area (Å²) < 4.78 is 28.5. The first-order chi connectivity index (χ1) is 21.9. The highest BCUT2D eigenvalue weighted by atomic mass is 16.7. The fourth-order valence-electron chi connectivity index (χ4n) is 7.22. The molecule has 276 valence electrons. The number of aliphatic hydroxyl groups excluding tert-OH is 2. The smallest absolute Gasteiger partial charge is 0.309 e. The molecule has 2 aliphatic rings. The number of carbonyl (C=O) groups is 1. The lowest BCUT2D eigenvalue weighted by molar-refractivity contribution is -0.262. The van der Waals surface area contributed by atoms with Crippen LogP contribution in [-0.4, -0.2) is 133 Å². The van der Waals surface area contributed by atoms with Crippen molar-refractivity contribution in [3.63, 3.8) is 0 Å². The lowest BCUT2D eigenvalue weighted by atomic mass is 9.71. The first-order valence-corrected chi connectivity index (χ1v) is 17.1. The molecule has 0 spiro atoms. The van der Waals surface area contributed by atoms with Gasteiger partial charge in [0.1, 0.15) is 17.8 Å². The van der Waals surface area contributed by atoms with Gasteiger partial charge in [0.05, 0.1) is 49.3 Å². The van der Waals surface area contributed by atoms with Crippen LogP contribution >= 0.6 is 0 Å². The third-order valence-electron chi connectivity index (χ3n) is 10.1. The number of rotatable bonds is 11. The highest BCUT2D eigenvalue weighted by Crippen LogP contribution is 2.38. The maximum Gasteiger partial charge on any atom is 0.309 e. The van der Waals surface area contributed by atoms with Gasteiger partial charge in [0.15, 0.2) is 6.29 Å². The number of hydrogen-bond donors (Lipinski definition) is 4. The van der Waals surface area contributed by atoms with Crippen molar-refractivity contribution in [2.75, 3.05) is 47.8 Å². The average molecular weight is 677 g/mol. The van der Waals surface area contributed by atoms with Crippen LogP contribution in [0, 0.1) is 29.6 Å². The van der Waals surface area contributed by atoms with E-state index in [9.17, 15) is 25.2 Å². The van der Waals surface area contributed by atoms with Crippen LogP contribution in [0.15, 0.2) is 5.16 Å². The number of esters is 1. The van der Waals surface area contributed by atoms with Crippen LogP contribution in [0.1, 0.15) is 81.1 Å². The second-order valence-electron chi connectivity index (χ2n) is 14.5. The Bertz CT molecular complexity index is 978. The van der Waals surface area contributed by atoms with Gasteiger partial charge in [0.25, 0.3) is 0 Å². The van der Waals surface area contributed by atoms with E-state index >= 15 is 0 Å². The molecule has 0 aromatic rings. The first-order valence-electron chi connectivity index (χ1n) is 17.1. The normalized spacial score (nSPS) is 42.3. The molecule has 1 unspecified atom stereocenters. The molecule has 0 bridgehead atoms. The Balaban J connectivity index is 2.49. The quantitative estimate of drug-likeness (QED) is 0.109. The minimum atomic E-state index is -1.81. The van der Waals surface area contributed by atoms with Crippen molar-refractivity contribution < 1.29 is 53.7 Å². The molecule has 2 heterocycles. The van der Waals surface area contributed by atoms with Gasteiger partial charge in [-0.25, -0.2) is 0 Å². The minimum absolute atomic E-state index is 0.0536. The maximum absolute atomic E-state index is 13.4. The topological polar surface area (TPSA) is 169 Å². The highest BCUT2D eigenvalue weighted by molar-refractivity contribution is 5.88. The second kappa shape index (κ2) is 18.5. The van der Waals surface area contributed by atoms with E-state index in [1.807, 2.05) is 39.8 Å². The largest absolute Gasteiger partial charge is 0.459 e. The average Bonchev–Trinajstić information content (AvgIpc) is 2.98. The van der Waals surface area contributed by atoms with Crippen molar-refractivity contribution in [3.05, 3.63) is 0 Å². The van der Waals surface area contributed by atoms with Crippen molar-refractivity contribution in [2.24, 2.45) is 34.7 Å².